The van der Waals surface area contributed by atoms with Gasteiger partial charge in [-0.25, -0.2) is 4.79 Å². The number of thiophene rings is 1. The van der Waals surface area contributed by atoms with Crippen LogP contribution in [0.4, 0.5) is 5.00 Å². The van der Waals surface area contributed by atoms with E-state index in [1.165, 1.54) is 18.4 Å². The van der Waals surface area contributed by atoms with Crippen LogP contribution in [0, 0.1) is 19.8 Å². The van der Waals surface area contributed by atoms with Gasteiger partial charge in [0, 0.05) is 10.8 Å². The predicted molar refractivity (Wildman–Crippen MR) is 81.2 cm³/mol. The average molecular weight is 298 g/mol. The minimum atomic E-state index is -0.420. The monoisotopic (exact) mass is 298 g/mol. The zero-order valence-corrected chi connectivity index (χ0v) is 13.2. The summed E-state index contributed by atoms with van der Waals surface area (Å²) < 4.78 is 4.78. The number of methoxy groups -OCH3 is 1. The van der Waals surface area contributed by atoms with Crippen LogP contribution in [0.25, 0.3) is 0 Å². The summed E-state index contributed by atoms with van der Waals surface area (Å²) in [5, 5.41) is 3.40. The number of carbonyl (C=O) groups excluding carboxylic acids is 2. The van der Waals surface area contributed by atoms with Gasteiger partial charge in [0.1, 0.15) is 5.00 Å². The number of nitrogens with two attached hydrogens (primary N) is 1. The lowest BCUT2D eigenvalue weighted by molar-refractivity contribution is -0.119. The van der Waals surface area contributed by atoms with Crippen molar-refractivity contribution in [2.75, 3.05) is 19.0 Å². The van der Waals surface area contributed by atoms with Crippen molar-refractivity contribution in [3.05, 3.63) is 16.0 Å². The van der Waals surface area contributed by atoms with E-state index in [4.69, 9.17) is 10.5 Å². The average Bonchev–Trinajstić information content (AvgIpc) is 2.70. The molecule has 0 saturated carbocycles. The Morgan fingerprint density at radius 2 is 2.05 bits per heavy atom. The second-order valence-corrected chi connectivity index (χ2v) is 6.02. The Balaban J connectivity index is 2.89. The molecule has 3 N–H and O–H groups in total. The molecule has 1 atom stereocenters. The van der Waals surface area contributed by atoms with Crippen LogP contribution in [-0.4, -0.2) is 25.5 Å². The van der Waals surface area contributed by atoms with Crippen LogP contribution in [0.1, 0.15) is 40.6 Å². The van der Waals surface area contributed by atoms with Crippen LogP contribution < -0.4 is 11.1 Å². The highest BCUT2D eigenvalue weighted by molar-refractivity contribution is 7.16. The first-order valence-corrected chi connectivity index (χ1v) is 7.43. The normalized spacial score (nSPS) is 12.1. The summed E-state index contributed by atoms with van der Waals surface area (Å²) in [5.74, 6) is -0.645. The van der Waals surface area contributed by atoms with Crippen LogP contribution in [0.3, 0.4) is 0 Å². The van der Waals surface area contributed by atoms with E-state index in [1.807, 2.05) is 20.8 Å². The van der Waals surface area contributed by atoms with Crippen molar-refractivity contribution in [2.45, 2.75) is 33.6 Å². The van der Waals surface area contributed by atoms with Gasteiger partial charge in [0.05, 0.1) is 12.7 Å². The Bertz CT molecular complexity index is 497. The first-order chi connectivity index (χ1) is 9.42. The minimum absolute atomic E-state index is 0.0927. The van der Waals surface area contributed by atoms with Crippen LogP contribution >= 0.6 is 11.3 Å². The maximum atomic E-state index is 12.1. The number of ether oxygens (including phenoxy) is 1. The lowest BCUT2D eigenvalue weighted by Gasteiger charge is -2.11. The number of hydrogen-bond donors (Lipinski definition) is 2. The molecule has 0 saturated heterocycles. The van der Waals surface area contributed by atoms with Gasteiger partial charge >= 0.3 is 5.97 Å². The summed E-state index contributed by atoms with van der Waals surface area (Å²) in [4.78, 5) is 24.9. The summed E-state index contributed by atoms with van der Waals surface area (Å²) in [6, 6.07) is 0. The third-order valence-electron chi connectivity index (χ3n) is 3.30. The molecule has 1 amide bonds. The summed E-state index contributed by atoms with van der Waals surface area (Å²) in [5.41, 5.74) is 6.75. The number of anilines is 1. The molecule has 1 aromatic rings. The molecule has 0 aliphatic heterocycles. The number of aryl methyl sites for hydroxylation is 1. The largest absolute Gasteiger partial charge is 0.465 e. The van der Waals surface area contributed by atoms with Crippen LogP contribution in [0.15, 0.2) is 0 Å². The molecule has 1 rings (SSSR count). The van der Waals surface area contributed by atoms with Gasteiger partial charge in [-0.3, -0.25) is 4.79 Å². The van der Waals surface area contributed by atoms with Crippen LogP contribution in [0.5, 0.6) is 0 Å². The second kappa shape index (κ2) is 7.40. The fraction of sp³-hybridized carbons (Fsp3) is 0.571. The van der Waals surface area contributed by atoms with Crippen molar-refractivity contribution >= 4 is 28.2 Å². The van der Waals surface area contributed by atoms with Crippen LogP contribution in [0.2, 0.25) is 0 Å². The van der Waals surface area contributed by atoms with Crippen molar-refractivity contribution in [1.29, 1.82) is 0 Å². The number of carbonyl (C=O) groups is 2. The molecule has 0 bridgehead atoms. The summed E-state index contributed by atoms with van der Waals surface area (Å²) in [7, 11) is 1.34. The molecule has 0 fully saturated rings. The first-order valence-electron chi connectivity index (χ1n) is 6.61. The quantitative estimate of drug-likeness (QED) is 0.790. The molecule has 112 valence electrons. The number of hydrogen-bond acceptors (Lipinski definition) is 5. The number of nitrogens with one attached hydrogen (secondary N) is 1. The molecule has 0 aliphatic carbocycles. The van der Waals surface area contributed by atoms with E-state index in [9.17, 15) is 9.59 Å². The highest BCUT2D eigenvalue weighted by Crippen LogP contribution is 2.33. The van der Waals surface area contributed by atoms with E-state index in [2.05, 4.69) is 5.32 Å². The van der Waals surface area contributed by atoms with E-state index in [-0.39, 0.29) is 11.8 Å². The first kappa shape index (κ1) is 16.7. The molecule has 1 unspecified atom stereocenters. The van der Waals surface area contributed by atoms with Gasteiger partial charge < -0.3 is 15.8 Å². The Labute approximate surface area is 123 Å². The zero-order valence-electron chi connectivity index (χ0n) is 12.4. The standard InChI is InChI=1S/C14H22N2O3S/c1-8(6-5-7-15)12(17)16-13-11(14(18)19-4)9(2)10(3)20-13/h8H,5-7,15H2,1-4H3,(H,16,17). The maximum Gasteiger partial charge on any atom is 0.341 e. The van der Waals surface area contributed by atoms with Gasteiger partial charge in [-0.05, 0) is 38.8 Å². The lowest BCUT2D eigenvalue weighted by Crippen LogP contribution is -2.22. The maximum absolute atomic E-state index is 12.1. The highest BCUT2D eigenvalue weighted by Gasteiger charge is 2.23. The predicted octanol–water partition coefficient (Wildman–Crippen LogP) is 2.47. The molecule has 1 heterocycles. The van der Waals surface area contributed by atoms with Gasteiger partial charge in [0.25, 0.3) is 0 Å². The number of rotatable bonds is 6. The molecule has 5 nitrogen and oxygen atoms in total. The van der Waals surface area contributed by atoms with E-state index >= 15 is 0 Å². The number of amides is 1. The minimum Gasteiger partial charge on any atom is -0.465 e. The molecule has 0 spiro atoms. The fourth-order valence-electron chi connectivity index (χ4n) is 1.85. The third kappa shape index (κ3) is 3.80. The van der Waals surface area contributed by atoms with E-state index in [1.54, 1.807) is 0 Å². The topological polar surface area (TPSA) is 81.4 Å². The van der Waals surface area contributed by atoms with Crippen LogP contribution in [-0.2, 0) is 9.53 Å². The Hall–Kier alpha value is -1.40. The zero-order chi connectivity index (χ0) is 15.3. The summed E-state index contributed by atoms with van der Waals surface area (Å²) >= 11 is 1.40. The lowest BCUT2D eigenvalue weighted by atomic mass is 10.0. The molecule has 1 aromatic heterocycles. The van der Waals surface area contributed by atoms with Crippen molar-refractivity contribution in [3.63, 3.8) is 0 Å². The van der Waals surface area contributed by atoms with Crippen molar-refractivity contribution in [3.8, 4) is 0 Å². The van der Waals surface area contributed by atoms with Crippen molar-refractivity contribution < 1.29 is 14.3 Å². The fourth-order valence-corrected chi connectivity index (χ4v) is 2.90. The van der Waals surface area contributed by atoms with Crippen molar-refractivity contribution in [1.82, 2.24) is 0 Å². The Morgan fingerprint density at radius 3 is 2.60 bits per heavy atom. The van der Waals surface area contributed by atoms with Gasteiger partial charge in [-0.1, -0.05) is 6.92 Å². The molecular weight excluding hydrogens is 276 g/mol. The SMILES string of the molecule is COC(=O)c1c(NC(=O)C(C)CCCN)sc(C)c1C. The number of esters is 1. The van der Waals surface area contributed by atoms with Gasteiger partial charge in [-0.2, -0.15) is 0 Å². The Kier molecular flexibility index (Phi) is 6.16. The second-order valence-electron chi connectivity index (χ2n) is 4.80. The summed E-state index contributed by atoms with van der Waals surface area (Å²) in [6.07, 6.45) is 1.54. The highest BCUT2D eigenvalue weighted by atomic mass is 32.1. The molecular formula is C14H22N2O3S. The molecule has 20 heavy (non-hydrogen) atoms. The van der Waals surface area contributed by atoms with Gasteiger partial charge in [-0.15, -0.1) is 11.3 Å². The van der Waals surface area contributed by atoms with E-state index in [0.29, 0.717) is 17.1 Å². The molecule has 0 radical (unpaired) electrons. The molecule has 6 heteroatoms. The third-order valence-corrected chi connectivity index (χ3v) is 4.42. The van der Waals surface area contributed by atoms with E-state index in [0.717, 1.165) is 23.3 Å². The molecule has 0 aliphatic rings. The van der Waals surface area contributed by atoms with Gasteiger partial charge in [0.15, 0.2) is 0 Å². The summed E-state index contributed by atoms with van der Waals surface area (Å²) in [6.45, 7) is 6.20. The van der Waals surface area contributed by atoms with E-state index < -0.39 is 5.97 Å². The van der Waals surface area contributed by atoms with Crippen molar-refractivity contribution in [2.24, 2.45) is 11.7 Å². The Morgan fingerprint density at radius 1 is 1.40 bits per heavy atom. The smallest absolute Gasteiger partial charge is 0.341 e. The molecule has 0 aromatic carbocycles. The van der Waals surface area contributed by atoms with Gasteiger partial charge in [0.2, 0.25) is 5.91 Å².